The summed E-state index contributed by atoms with van der Waals surface area (Å²) in [6, 6.07) is 0. The summed E-state index contributed by atoms with van der Waals surface area (Å²) >= 11 is 0. The van der Waals surface area contributed by atoms with Gasteiger partial charge in [0.25, 0.3) is 0 Å². The smallest absolute Gasteiger partial charge is 0.330 e. The molecule has 0 aliphatic carbocycles. The first kappa shape index (κ1) is 15.6. The van der Waals surface area contributed by atoms with Crippen molar-refractivity contribution in [3.05, 3.63) is 12.7 Å². The van der Waals surface area contributed by atoms with Crippen molar-refractivity contribution in [1.29, 1.82) is 0 Å². The van der Waals surface area contributed by atoms with E-state index in [0.29, 0.717) is 0 Å². The number of carbonyl (C=O) groups excluding carboxylic acids is 1. The molecule has 0 rings (SSSR count). The number of hydrogen-bond acceptors (Lipinski definition) is 3. The molecule has 0 aromatic heterocycles. The monoisotopic (exact) mass is 201 g/mol. The molecule has 3 heteroatoms. The average Bonchev–Trinajstić information content (AvgIpc) is 2.04. The summed E-state index contributed by atoms with van der Waals surface area (Å²) in [5.74, 6) is -0.373. The zero-order valence-corrected chi connectivity index (χ0v) is 10.0. The van der Waals surface area contributed by atoms with Crippen molar-refractivity contribution >= 4 is 5.97 Å². The van der Waals surface area contributed by atoms with Gasteiger partial charge >= 0.3 is 5.97 Å². The Balaban J connectivity index is 0. The van der Waals surface area contributed by atoms with E-state index in [0.717, 1.165) is 19.2 Å². The Morgan fingerprint density at radius 1 is 1.36 bits per heavy atom. The van der Waals surface area contributed by atoms with Crippen LogP contribution in [0.2, 0.25) is 0 Å². The van der Waals surface area contributed by atoms with Crippen molar-refractivity contribution in [2.24, 2.45) is 0 Å². The van der Waals surface area contributed by atoms with Crippen molar-refractivity contribution < 1.29 is 9.53 Å². The third-order valence-electron chi connectivity index (χ3n) is 1.07. The predicted octanol–water partition coefficient (Wildman–Crippen LogP) is 2.13. The summed E-state index contributed by atoms with van der Waals surface area (Å²) in [4.78, 5) is 10.5. The van der Waals surface area contributed by atoms with Gasteiger partial charge in [-0.25, -0.2) is 4.79 Å². The van der Waals surface area contributed by atoms with Gasteiger partial charge in [0.2, 0.25) is 0 Å². The van der Waals surface area contributed by atoms with Crippen LogP contribution in [0.15, 0.2) is 12.7 Å². The minimum atomic E-state index is -0.398. The lowest BCUT2D eigenvalue weighted by molar-refractivity contribution is -0.148. The molecule has 0 unspecified atom stereocenters. The van der Waals surface area contributed by atoms with Gasteiger partial charge in [0, 0.05) is 6.08 Å². The van der Waals surface area contributed by atoms with E-state index in [1.807, 2.05) is 20.8 Å². The topological polar surface area (TPSA) is 38.3 Å². The summed E-state index contributed by atoms with van der Waals surface area (Å²) in [6.07, 6.45) is 1.16. The Bertz CT molecular complexity index is 157. The van der Waals surface area contributed by atoms with Crippen LogP contribution in [0.4, 0.5) is 0 Å². The lowest BCUT2D eigenvalue weighted by atomic mass is 10.2. The molecule has 0 spiro atoms. The lowest BCUT2D eigenvalue weighted by Crippen LogP contribution is -2.22. The summed E-state index contributed by atoms with van der Waals surface area (Å²) in [6.45, 7) is 15.1. The molecule has 0 saturated heterocycles. The molecule has 0 aliphatic heterocycles. The van der Waals surface area contributed by atoms with Crippen molar-refractivity contribution in [2.45, 2.75) is 40.2 Å². The zero-order chi connectivity index (χ0) is 11.6. The second-order valence-corrected chi connectivity index (χ2v) is 3.69. The van der Waals surface area contributed by atoms with E-state index in [9.17, 15) is 4.79 Å². The van der Waals surface area contributed by atoms with Gasteiger partial charge < -0.3 is 10.1 Å². The van der Waals surface area contributed by atoms with E-state index in [4.69, 9.17) is 4.74 Å². The standard InChI is InChI=1S/C7H12O2.C4H11N/c1-5-6(8)9-7(2,3)4;1-3-5-4-2/h5H,1H2,2-4H3;5H,3-4H2,1-2H3. The molecule has 84 valence electrons. The average molecular weight is 201 g/mol. The maximum absolute atomic E-state index is 10.5. The van der Waals surface area contributed by atoms with Crippen LogP contribution in [0.25, 0.3) is 0 Å². The molecule has 0 heterocycles. The highest BCUT2D eigenvalue weighted by atomic mass is 16.6. The highest BCUT2D eigenvalue weighted by Gasteiger charge is 2.12. The highest BCUT2D eigenvalue weighted by Crippen LogP contribution is 2.06. The largest absolute Gasteiger partial charge is 0.457 e. The van der Waals surface area contributed by atoms with Crippen molar-refractivity contribution in [1.82, 2.24) is 5.32 Å². The summed E-state index contributed by atoms with van der Waals surface area (Å²) in [5.41, 5.74) is -0.398. The van der Waals surface area contributed by atoms with Crippen molar-refractivity contribution in [3.8, 4) is 0 Å². The zero-order valence-electron chi connectivity index (χ0n) is 10.0. The van der Waals surface area contributed by atoms with Gasteiger partial charge in [0.1, 0.15) is 5.60 Å². The van der Waals surface area contributed by atoms with E-state index in [1.165, 1.54) is 0 Å². The van der Waals surface area contributed by atoms with E-state index < -0.39 is 5.60 Å². The van der Waals surface area contributed by atoms with Crippen molar-refractivity contribution in [2.75, 3.05) is 13.1 Å². The maximum Gasteiger partial charge on any atom is 0.330 e. The van der Waals surface area contributed by atoms with E-state index in [-0.39, 0.29) is 5.97 Å². The Morgan fingerprint density at radius 3 is 1.86 bits per heavy atom. The number of esters is 1. The fourth-order valence-electron chi connectivity index (χ4n) is 0.593. The van der Waals surface area contributed by atoms with E-state index in [2.05, 4.69) is 25.7 Å². The van der Waals surface area contributed by atoms with Gasteiger partial charge in [-0.05, 0) is 33.9 Å². The molecule has 0 radical (unpaired) electrons. The SMILES string of the molecule is C=CC(=O)OC(C)(C)C.CCNCC. The van der Waals surface area contributed by atoms with Gasteiger partial charge in [0.15, 0.2) is 0 Å². The second-order valence-electron chi connectivity index (χ2n) is 3.69. The molecular formula is C11H23NO2. The van der Waals surface area contributed by atoms with Gasteiger partial charge in [-0.3, -0.25) is 0 Å². The van der Waals surface area contributed by atoms with Crippen LogP contribution in [0.3, 0.4) is 0 Å². The summed E-state index contributed by atoms with van der Waals surface area (Å²) in [5, 5.41) is 3.11. The number of nitrogens with one attached hydrogen (secondary N) is 1. The molecule has 0 aliphatic rings. The van der Waals surface area contributed by atoms with Crippen molar-refractivity contribution in [3.63, 3.8) is 0 Å². The number of carbonyl (C=O) groups is 1. The first-order chi connectivity index (χ1) is 6.37. The van der Waals surface area contributed by atoms with Gasteiger partial charge in [-0.2, -0.15) is 0 Å². The minimum absolute atomic E-state index is 0.373. The maximum atomic E-state index is 10.5. The predicted molar refractivity (Wildman–Crippen MR) is 60.3 cm³/mol. The van der Waals surface area contributed by atoms with Crippen LogP contribution in [0.5, 0.6) is 0 Å². The molecule has 0 amide bonds. The van der Waals surface area contributed by atoms with Crippen LogP contribution in [0, 0.1) is 0 Å². The quantitative estimate of drug-likeness (QED) is 0.561. The Morgan fingerprint density at radius 2 is 1.79 bits per heavy atom. The molecule has 0 atom stereocenters. The third kappa shape index (κ3) is 17.3. The fourth-order valence-corrected chi connectivity index (χ4v) is 0.593. The van der Waals surface area contributed by atoms with Gasteiger partial charge in [0.05, 0.1) is 0 Å². The van der Waals surface area contributed by atoms with E-state index >= 15 is 0 Å². The Hall–Kier alpha value is -0.830. The van der Waals surface area contributed by atoms with Crippen LogP contribution in [-0.2, 0) is 9.53 Å². The van der Waals surface area contributed by atoms with Crippen LogP contribution in [0.1, 0.15) is 34.6 Å². The fraction of sp³-hybridized carbons (Fsp3) is 0.727. The summed E-state index contributed by atoms with van der Waals surface area (Å²) < 4.78 is 4.83. The van der Waals surface area contributed by atoms with Crippen LogP contribution < -0.4 is 5.32 Å². The number of rotatable bonds is 3. The second kappa shape index (κ2) is 8.75. The molecule has 14 heavy (non-hydrogen) atoms. The number of hydrogen-bond donors (Lipinski definition) is 1. The normalized spacial score (nSPS) is 9.79. The van der Waals surface area contributed by atoms with E-state index in [1.54, 1.807) is 0 Å². The number of ether oxygens (including phenoxy) is 1. The molecule has 0 aromatic rings. The van der Waals surface area contributed by atoms with Crippen LogP contribution >= 0.6 is 0 Å². The summed E-state index contributed by atoms with van der Waals surface area (Å²) in [7, 11) is 0. The third-order valence-corrected chi connectivity index (χ3v) is 1.07. The van der Waals surface area contributed by atoms with Crippen LogP contribution in [-0.4, -0.2) is 24.7 Å². The molecule has 0 saturated carbocycles. The molecule has 0 aromatic carbocycles. The van der Waals surface area contributed by atoms with Gasteiger partial charge in [-0.1, -0.05) is 20.4 Å². The molecular weight excluding hydrogens is 178 g/mol. The first-order valence-corrected chi connectivity index (χ1v) is 4.93. The molecule has 1 N–H and O–H groups in total. The lowest BCUT2D eigenvalue weighted by Gasteiger charge is -2.17. The minimum Gasteiger partial charge on any atom is -0.457 e. The molecule has 3 nitrogen and oxygen atoms in total. The Labute approximate surface area is 87.5 Å². The first-order valence-electron chi connectivity index (χ1n) is 4.93. The Kier molecular flexibility index (Phi) is 9.78. The van der Waals surface area contributed by atoms with Gasteiger partial charge in [-0.15, -0.1) is 0 Å². The molecule has 0 fully saturated rings. The highest BCUT2D eigenvalue weighted by molar-refractivity contribution is 5.81. The molecule has 0 bridgehead atoms.